The Labute approximate surface area is 133 Å². The summed E-state index contributed by atoms with van der Waals surface area (Å²) in [6.07, 6.45) is 4.38. The number of benzene rings is 1. The molecule has 2 N–H and O–H groups in total. The number of aryl methyl sites for hydroxylation is 1. The van der Waals surface area contributed by atoms with E-state index in [1.165, 1.54) is 5.56 Å². The first kappa shape index (κ1) is 14.8. The van der Waals surface area contributed by atoms with Gasteiger partial charge in [0.25, 0.3) is 0 Å². The standard InChI is InChI=1S/C17H16N4O2/c1-12-10-16(23-21-12)20-17(22)19-15-4-2-13(3-5-15)11-14-6-8-18-9-7-14/h2-10H,11H2,1H3,(H2,19,20,22). The van der Waals surface area contributed by atoms with Gasteiger partial charge in [0.15, 0.2) is 0 Å². The molecular weight excluding hydrogens is 292 g/mol. The van der Waals surface area contributed by atoms with E-state index >= 15 is 0 Å². The van der Waals surface area contributed by atoms with Gasteiger partial charge in [-0.2, -0.15) is 0 Å². The highest BCUT2D eigenvalue weighted by Gasteiger charge is 2.06. The molecule has 0 fully saturated rings. The largest absolute Gasteiger partial charge is 0.338 e. The van der Waals surface area contributed by atoms with E-state index in [9.17, 15) is 4.79 Å². The summed E-state index contributed by atoms with van der Waals surface area (Å²) in [6.45, 7) is 1.79. The summed E-state index contributed by atoms with van der Waals surface area (Å²) in [5.41, 5.74) is 3.77. The van der Waals surface area contributed by atoms with Crippen molar-refractivity contribution in [3.05, 3.63) is 71.7 Å². The van der Waals surface area contributed by atoms with Gasteiger partial charge in [0.2, 0.25) is 5.88 Å². The van der Waals surface area contributed by atoms with Crippen LogP contribution in [0.2, 0.25) is 0 Å². The van der Waals surface area contributed by atoms with Crippen molar-refractivity contribution in [2.24, 2.45) is 0 Å². The van der Waals surface area contributed by atoms with Gasteiger partial charge in [0.05, 0.1) is 5.69 Å². The zero-order valence-corrected chi connectivity index (χ0v) is 12.6. The lowest BCUT2D eigenvalue weighted by molar-refractivity contribution is 0.261. The summed E-state index contributed by atoms with van der Waals surface area (Å²) in [7, 11) is 0. The minimum atomic E-state index is -0.372. The van der Waals surface area contributed by atoms with Crippen molar-refractivity contribution in [2.45, 2.75) is 13.3 Å². The van der Waals surface area contributed by atoms with Crippen molar-refractivity contribution in [3.8, 4) is 0 Å². The molecule has 116 valence electrons. The number of amides is 2. The number of carbonyl (C=O) groups is 1. The lowest BCUT2D eigenvalue weighted by Crippen LogP contribution is -2.19. The summed E-state index contributed by atoms with van der Waals surface area (Å²) < 4.78 is 4.93. The molecule has 3 rings (SSSR count). The Balaban J connectivity index is 1.57. The zero-order chi connectivity index (χ0) is 16.1. The average molecular weight is 308 g/mol. The second kappa shape index (κ2) is 6.74. The van der Waals surface area contributed by atoms with Crippen LogP contribution in [0.4, 0.5) is 16.4 Å². The maximum Gasteiger partial charge on any atom is 0.326 e. The van der Waals surface area contributed by atoms with Crippen LogP contribution in [0.5, 0.6) is 0 Å². The predicted octanol–water partition coefficient (Wildman–Crippen LogP) is 3.61. The van der Waals surface area contributed by atoms with Crippen molar-refractivity contribution in [1.82, 2.24) is 10.1 Å². The molecule has 0 saturated carbocycles. The quantitative estimate of drug-likeness (QED) is 0.771. The molecule has 3 aromatic rings. The molecule has 2 aromatic heterocycles. The fourth-order valence-electron chi connectivity index (χ4n) is 2.14. The van der Waals surface area contributed by atoms with Crippen molar-refractivity contribution < 1.29 is 9.32 Å². The van der Waals surface area contributed by atoms with Gasteiger partial charge in [-0.1, -0.05) is 17.3 Å². The number of hydrogen-bond acceptors (Lipinski definition) is 4. The second-order valence-corrected chi connectivity index (χ2v) is 5.14. The van der Waals surface area contributed by atoms with E-state index in [2.05, 4.69) is 20.8 Å². The van der Waals surface area contributed by atoms with E-state index in [-0.39, 0.29) is 6.03 Å². The number of pyridine rings is 1. The number of nitrogens with one attached hydrogen (secondary N) is 2. The highest BCUT2D eigenvalue weighted by Crippen LogP contribution is 2.14. The number of aromatic nitrogens is 2. The van der Waals surface area contributed by atoms with Gasteiger partial charge < -0.3 is 9.84 Å². The predicted molar refractivity (Wildman–Crippen MR) is 87.4 cm³/mol. The Hall–Kier alpha value is -3.15. The number of rotatable bonds is 4. The molecule has 0 spiro atoms. The fourth-order valence-corrected chi connectivity index (χ4v) is 2.14. The third-order valence-electron chi connectivity index (χ3n) is 3.23. The zero-order valence-electron chi connectivity index (χ0n) is 12.6. The maximum atomic E-state index is 11.9. The van der Waals surface area contributed by atoms with Gasteiger partial charge >= 0.3 is 6.03 Å². The van der Waals surface area contributed by atoms with E-state index in [1.54, 1.807) is 25.4 Å². The molecule has 0 bridgehead atoms. The molecule has 6 nitrogen and oxygen atoms in total. The molecule has 0 radical (unpaired) electrons. The Morgan fingerprint density at radius 2 is 1.74 bits per heavy atom. The van der Waals surface area contributed by atoms with Crippen LogP contribution in [-0.4, -0.2) is 16.2 Å². The Morgan fingerprint density at radius 1 is 1.04 bits per heavy atom. The highest BCUT2D eigenvalue weighted by atomic mass is 16.5. The normalized spacial score (nSPS) is 10.3. The molecule has 2 amide bonds. The van der Waals surface area contributed by atoms with Crippen LogP contribution in [0, 0.1) is 6.92 Å². The summed E-state index contributed by atoms with van der Waals surface area (Å²) in [5, 5.41) is 9.03. The van der Waals surface area contributed by atoms with Crippen LogP contribution >= 0.6 is 0 Å². The first-order chi connectivity index (χ1) is 11.2. The lowest BCUT2D eigenvalue weighted by atomic mass is 10.1. The van der Waals surface area contributed by atoms with Gasteiger partial charge in [-0.05, 0) is 48.7 Å². The smallest absolute Gasteiger partial charge is 0.326 e. The average Bonchev–Trinajstić information content (AvgIpc) is 2.95. The summed E-state index contributed by atoms with van der Waals surface area (Å²) in [6, 6.07) is 12.9. The summed E-state index contributed by atoms with van der Waals surface area (Å²) >= 11 is 0. The van der Waals surface area contributed by atoms with Crippen LogP contribution < -0.4 is 10.6 Å². The number of hydrogen-bond donors (Lipinski definition) is 2. The molecule has 0 aliphatic carbocycles. The van der Waals surface area contributed by atoms with Gasteiger partial charge in [-0.25, -0.2) is 4.79 Å². The highest BCUT2D eigenvalue weighted by molar-refractivity contribution is 5.98. The van der Waals surface area contributed by atoms with E-state index < -0.39 is 0 Å². The van der Waals surface area contributed by atoms with Crippen LogP contribution in [-0.2, 0) is 6.42 Å². The number of urea groups is 1. The van der Waals surface area contributed by atoms with Crippen molar-refractivity contribution in [1.29, 1.82) is 0 Å². The van der Waals surface area contributed by atoms with E-state index in [0.29, 0.717) is 17.3 Å². The molecule has 6 heteroatoms. The molecule has 0 saturated heterocycles. The number of nitrogens with zero attached hydrogens (tertiary/aromatic N) is 2. The lowest BCUT2D eigenvalue weighted by Gasteiger charge is -2.06. The summed E-state index contributed by atoms with van der Waals surface area (Å²) in [4.78, 5) is 15.9. The molecule has 2 heterocycles. The Morgan fingerprint density at radius 3 is 2.39 bits per heavy atom. The van der Waals surface area contributed by atoms with Crippen molar-refractivity contribution >= 4 is 17.6 Å². The Bertz CT molecular complexity index is 782. The number of carbonyl (C=O) groups excluding carboxylic acids is 1. The van der Waals surface area contributed by atoms with Gasteiger partial charge in [-0.3, -0.25) is 10.3 Å². The third-order valence-corrected chi connectivity index (χ3v) is 3.23. The van der Waals surface area contributed by atoms with Crippen LogP contribution in [0.3, 0.4) is 0 Å². The van der Waals surface area contributed by atoms with Crippen molar-refractivity contribution in [2.75, 3.05) is 10.6 Å². The third kappa shape index (κ3) is 4.16. The number of anilines is 2. The minimum Gasteiger partial charge on any atom is -0.338 e. The first-order valence-electron chi connectivity index (χ1n) is 7.18. The van der Waals surface area contributed by atoms with Crippen LogP contribution in [0.1, 0.15) is 16.8 Å². The summed E-state index contributed by atoms with van der Waals surface area (Å²) in [5.74, 6) is 0.314. The fraction of sp³-hybridized carbons (Fsp3) is 0.118. The molecule has 0 unspecified atom stereocenters. The minimum absolute atomic E-state index is 0.314. The Kier molecular flexibility index (Phi) is 4.33. The first-order valence-corrected chi connectivity index (χ1v) is 7.18. The van der Waals surface area contributed by atoms with E-state index in [1.807, 2.05) is 36.4 Å². The molecule has 0 aliphatic rings. The maximum absolute atomic E-state index is 11.9. The molecule has 0 atom stereocenters. The topological polar surface area (TPSA) is 80.0 Å². The van der Waals surface area contributed by atoms with Gasteiger partial charge in [0, 0.05) is 24.1 Å². The van der Waals surface area contributed by atoms with Gasteiger partial charge in [-0.15, -0.1) is 0 Å². The molecule has 1 aromatic carbocycles. The monoisotopic (exact) mass is 308 g/mol. The molecule has 23 heavy (non-hydrogen) atoms. The SMILES string of the molecule is Cc1cc(NC(=O)Nc2ccc(Cc3ccncc3)cc2)on1. The second-order valence-electron chi connectivity index (χ2n) is 5.14. The van der Waals surface area contributed by atoms with Gasteiger partial charge in [0.1, 0.15) is 0 Å². The van der Waals surface area contributed by atoms with E-state index in [4.69, 9.17) is 4.52 Å². The van der Waals surface area contributed by atoms with Crippen LogP contribution in [0.15, 0.2) is 59.4 Å². The molecular formula is C17H16N4O2. The van der Waals surface area contributed by atoms with E-state index in [0.717, 1.165) is 12.0 Å². The molecule has 0 aliphatic heterocycles. The van der Waals surface area contributed by atoms with Crippen LogP contribution in [0.25, 0.3) is 0 Å². The van der Waals surface area contributed by atoms with Crippen molar-refractivity contribution in [3.63, 3.8) is 0 Å².